The fourth-order valence-corrected chi connectivity index (χ4v) is 3.89. The maximum Gasteiger partial charge on any atom is 0.328 e. The van der Waals surface area contributed by atoms with Crippen molar-refractivity contribution in [1.29, 1.82) is 0 Å². The molecule has 1 rings (SSSR count). The predicted octanol–water partition coefficient (Wildman–Crippen LogP) is 4.93. The Morgan fingerprint density at radius 1 is 1.10 bits per heavy atom. The molecular weight excluding hydrogens is 382 g/mol. The van der Waals surface area contributed by atoms with E-state index in [0.717, 1.165) is 19.3 Å². The van der Waals surface area contributed by atoms with Gasteiger partial charge in [-0.3, -0.25) is 9.59 Å². The van der Waals surface area contributed by atoms with Gasteiger partial charge in [-0.2, -0.15) is 0 Å². The van der Waals surface area contributed by atoms with Crippen molar-refractivity contribution >= 4 is 18.3 Å². The van der Waals surface area contributed by atoms with Crippen molar-refractivity contribution in [2.75, 3.05) is 0 Å². The molecule has 174 valence electrons. The molecule has 1 unspecified atom stereocenters. The molecule has 1 aliphatic heterocycles. The van der Waals surface area contributed by atoms with Crippen molar-refractivity contribution < 1.29 is 23.9 Å². The van der Waals surface area contributed by atoms with Crippen LogP contribution in [0.3, 0.4) is 0 Å². The fourth-order valence-electron chi connectivity index (χ4n) is 3.89. The van der Waals surface area contributed by atoms with Gasteiger partial charge in [0.1, 0.15) is 18.2 Å². The van der Waals surface area contributed by atoms with Gasteiger partial charge in [0.05, 0.1) is 5.92 Å². The molecule has 0 aliphatic carbocycles. The average Bonchev–Trinajstić information content (AvgIpc) is 2.71. The van der Waals surface area contributed by atoms with E-state index in [1.165, 1.54) is 44.9 Å². The lowest BCUT2D eigenvalue weighted by Gasteiger charge is -2.35. The molecule has 0 bridgehead atoms. The summed E-state index contributed by atoms with van der Waals surface area (Å²) in [6, 6.07) is -0.630. The molecule has 6 heteroatoms. The lowest BCUT2D eigenvalue weighted by molar-refractivity contribution is -0.187. The van der Waals surface area contributed by atoms with E-state index in [1.54, 1.807) is 0 Å². The topological polar surface area (TPSA) is 81.7 Å². The van der Waals surface area contributed by atoms with E-state index in [9.17, 15) is 14.4 Å². The van der Waals surface area contributed by atoms with E-state index in [0.29, 0.717) is 19.3 Å². The largest absolute Gasteiger partial charge is 0.461 e. The molecule has 0 aromatic carbocycles. The highest BCUT2D eigenvalue weighted by molar-refractivity contribution is 5.79. The third-order valence-corrected chi connectivity index (χ3v) is 5.87. The van der Waals surface area contributed by atoms with E-state index in [4.69, 9.17) is 9.47 Å². The van der Waals surface area contributed by atoms with Gasteiger partial charge in [-0.1, -0.05) is 72.1 Å². The van der Waals surface area contributed by atoms with Crippen LogP contribution in [0.4, 0.5) is 0 Å². The number of hydrogen-bond donors (Lipinski definition) is 1. The molecular formula is C24H43NO5. The summed E-state index contributed by atoms with van der Waals surface area (Å²) in [6.45, 7) is 8.09. The normalized spacial score (nSPS) is 20.2. The van der Waals surface area contributed by atoms with E-state index < -0.39 is 12.0 Å². The zero-order chi connectivity index (χ0) is 22.4. The second-order valence-electron chi connectivity index (χ2n) is 9.14. The minimum atomic E-state index is -0.630. The van der Waals surface area contributed by atoms with Gasteiger partial charge in [0, 0.05) is 6.42 Å². The van der Waals surface area contributed by atoms with Crippen LogP contribution in [0.25, 0.3) is 0 Å². The van der Waals surface area contributed by atoms with Crippen molar-refractivity contribution in [1.82, 2.24) is 5.32 Å². The lowest BCUT2D eigenvalue weighted by Crippen LogP contribution is -2.46. The summed E-state index contributed by atoms with van der Waals surface area (Å²) in [7, 11) is 0. The molecule has 0 saturated carbocycles. The third kappa shape index (κ3) is 10.4. The zero-order valence-corrected chi connectivity index (χ0v) is 19.5. The number of esters is 2. The molecule has 0 aromatic rings. The van der Waals surface area contributed by atoms with Gasteiger partial charge in [0.25, 0.3) is 0 Å². The molecule has 1 N–H and O–H groups in total. The number of nitrogens with one attached hydrogen (secondary N) is 1. The van der Waals surface area contributed by atoms with E-state index in [2.05, 4.69) is 12.2 Å². The highest BCUT2D eigenvalue weighted by atomic mass is 16.6. The zero-order valence-electron chi connectivity index (χ0n) is 19.5. The van der Waals surface area contributed by atoms with Gasteiger partial charge < -0.3 is 14.8 Å². The number of rotatable bonds is 18. The highest BCUT2D eigenvalue weighted by Gasteiger charge is 2.40. The third-order valence-electron chi connectivity index (χ3n) is 5.87. The average molecular weight is 426 g/mol. The number of carbonyl (C=O) groups is 3. The summed E-state index contributed by atoms with van der Waals surface area (Å²) < 4.78 is 11.0. The van der Waals surface area contributed by atoms with Gasteiger partial charge >= 0.3 is 11.9 Å². The Morgan fingerprint density at radius 2 is 1.70 bits per heavy atom. The molecule has 1 amide bonds. The predicted molar refractivity (Wildman–Crippen MR) is 118 cm³/mol. The second-order valence-corrected chi connectivity index (χ2v) is 9.14. The minimum absolute atomic E-state index is 0.145. The first-order valence-corrected chi connectivity index (χ1v) is 12.0. The summed E-state index contributed by atoms with van der Waals surface area (Å²) in [5.74, 6) is -0.462. The molecule has 0 aromatic heterocycles. The van der Waals surface area contributed by atoms with Crippen molar-refractivity contribution in [2.24, 2.45) is 11.8 Å². The van der Waals surface area contributed by atoms with Crippen LogP contribution in [0.1, 0.15) is 105 Å². The van der Waals surface area contributed by atoms with Crippen LogP contribution in [-0.2, 0) is 23.9 Å². The number of ether oxygens (including phenoxy) is 2. The molecule has 0 radical (unpaired) electrons. The first kappa shape index (κ1) is 26.4. The molecule has 1 heterocycles. The number of hydrogen-bond acceptors (Lipinski definition) is 5. The van der Waals surface area contributed by atoms with Crippen molar-refractivity contribution in [2.45, 2.75) is 123 Å². The summed E-state index contributed by atoms with van der Waals surface area (Å²) in [5.41, 5.74) is 0. The van der Waals surface area contributed by atoms with Crippen molar-refractivity contribution in [3.8, 4) is 0 Å². The van der Waals surface area contributed by atoms with Crippen LogP contribution in [0.15, 0.2) is 0 Å². The smallest absolute Gasteiger partial charge is 0.328 e. The number of cyclic esters (lactones) is 1. The Morgan fingerprint density at radius 3 is 2.20 bits per heavy atom. The Balaban J connectivity index is 2.44. The van der Waals surface area contributed by atoms with Crippen LogP contribution in [-0.4, -0.2) is 36.6 Å². The molecule has 1 aliphatic rings. The molecule has 1 fully saturated rings. The molecule has 30 heavy (non-hydrogen) atoms. The first-order valence-electron chi connectivity index (χ1n) is 12.0. The van der Waals surface area contributed by atoms with E-state index in [-0.39, 0.29) is 30.0 Å². The fraction of sp³-hybridized carbons (Fsp3) is 0.875. The van der Waals surface area contributed by atoms with Gasteiger partial charge in [0.2, 0.25) is 6.41 Å². The van der Waals surface area contributed by atoms with Gasteiger partial charge in [-0.25, -0.2) is 4.79 Å². The van der Waals surface area contributed by atoms with E-state index in [1.807, 2.05) is 20.8 Å². The van der Waals surface area contributed by atoms with Crippen molar-refractivity contribution in [3.63, 3.8) is 0 Å². The summed E-state index contributed by atoms with van der Waals surface area (Å²) >= 11 is 0. The monoisotopic (exact) mass is 425 g/mol. The Bertz CT molecular complexity index is 508. The van der Waals surface area contributed by atoms with Crippen LogP contribution >= 0.6 is 0 Å². The second kappa shape index (κ2) is 15.2. The summed E-state index contributed by atoms with van der Waals surface area (Å²) in [5, 5.41) is 2.58. The molecule has 4 atom stereocenters. The van der Waals surface area contributed by atoms with Gasteiger partial charge in [-0.05, 0) is 32.1 Å². The minimum Gasteiger partial charge on any atom is -0.461 e. The summed E-state index contributed by atoms with van der Waals surface area (Å²) in [4.78, 5) is 34.9. The number of unbranched alkanes of at least 4 members (excludes halogenated alkanes) is 8. The summed E-state index contributed by atoms with van der Waals surface area (Å²) in [6.07, 6.45) is 13.0. The quantitative estimate of drug-likeness (QED) is 0.191. The Labute approximate surface area is 182 Å². The molecule has 6 nitrogen and oxygen atoms in total. The first-order chi connectivity index (χ1) is 14.4. The van der Waals surface area contributed by atoms with Crippen LogP contribution in [0, 0.1) is 11.8 Å². The maximum atomic E-state index is 12.6. The van der Waals surface area contributed by atoms with E-state index >= 15 is 0 Å². The standard InChI is InChI=1S/C24H43NO5/c1-5-6-7-8-9-10-11-12-13-14-20(16-22-19(4)23(27)30-22)29-24(28)21(25-17-26)15-18(2)3/h17-22H,5-16H2,1-4H3,(H,25,26)/t19-,20?,21-,22-/m0/s1. The molecule has 0 spiro atoms. The number of amides is 1. The van der Waals surface area contributed by atoms with Crippen LogP contribution < -0.4 is 5.32 Å². The van der Waals surface area contributed by atoms with Crippen LogP contribution in [0.5, 0.6) is 0 Å². The number of carbonyl (C=O) groups excluding carboxylic acids is 3. The molecule has 1 saturated heterocycles. The Hall–Kier alpha value is -1.59. The van der Waals surface area contributed by atoms with Gasteiger partial charge in [0.15, 0.2) is 0 Å². The van der Waals surface area contributed by atoms with Gasteiger partial charge in [-0.15, -0.1) is 0 Å². The highest BCUT2D eigenvalue weighted by Crippen LogP contribution is 2.28. The Kier molecular flexibility index (Phi) is 13.4. The lowest BCUT2D eigenvalue weighted by atomic mass is 9.92. The maximum absolute atomic E-state index is 12.6. The SMILES string of the molecule is CCCCCCCCCCCC(C[C@@H]1OC(=O)[C@H]1C)OC(=O)[C@H](CC(C)C)NC=O. The van der Waals surface area contributed by atoms with Crippen LogP contribution in [0.2, 0.25) is 0 Å². The van der Waals surface area contributed by atoms with Crippen molar-refractivity contribution in [3.05, 3.63) is 0 Å².